The summed E-state index contributed by atoms with van der Waals surface area (Å²) >= 11 is 0. The lowest BCUT2D eigenvalue weighted by atomic mass is 10.1. The number of aromatic carboxylic acids is 3. The van der Waals surface area contributed by atoms with Gasteiger partial charge < -0.3 is 20.4 Å². The minimum atomic E-state index is -4.61. The molecule has 0 aliphatic carbocycles. The van der Waals surface area contributed by atoms with Crippen LogP contribution in [0.3, 0.4) is 0 Å². The lowest BCUT2D eigenvalue weighted by Gasteiger charge is -2.14. The fourth-order valence-electron chi connectivity index (χ4n) is 4.07. The van der Waals surface area contributed by atoms with Crippen LogP contribution < -0.4 is 9.44 Å². The predicted octanol–water partition coefficient (Wildman–Crippen LogP) is 3.78. The van der Waals surface area contributed by atoms with E-state index in [0.717, 1.165) is 30.3 Å². The molecule has 0 saturated heterocycles. The number of phenols is 1. The summed E-state index contributed by atoms with van der Waals surface area (Å²) in [6.07, 6.45) is 0. The average molecular weight is 682 g/mol. The van der Waals surface area contributed by atoms with Crippen molar-refractivity contribution in [3.05, 3.63) is 89.7 Å². The van der Waals surface area contributed by atoms with Gasteiger partial charge in [0.25, 0.3) is 26.0 Å². The van der Waals surface area contributed by atoms with E-state index in [2.05, 4.69) is 34.9 Å². The van der Waals surface area contributed by atoms with Crippen LogP contribution in [0.4, 0.5) is 23.0 Å². The molecule has 20 heteroatoms. The van der Waals surface area contributed by atoms with Gasteiger partial charge in [-0.3, -0.25) is 14.5 Å². The van der Waals surface area contributed by atoms with E-state index in [1.807, 2.05) is 0 Å². The zero-order valence-electron chi connectivity index (χ0n) is 23.2. The van der Waals surface area contributed by atoms with Gasteiger partial charge in [-0.1, -0.05) is 6.07 Å². The van der Waals surface area contributed by atoms with E-state index in [9.17, 15) is 36.3 Å². The van der Waals surface area contributed by atoms with Gasteiger partial charge in [0, 0.05) is 16.8 Å². The minimum absolute atomic E-state index is 0.0283. The molecule has 0 bridgehead atoms. The SMILES string of the molecule is O=C(O)c1ccc(NS(=O)(=O)c2ccc3cc(S(=O)(=O)Nc4ccc(C(=O)O)cc4)c(O)c(/N=N/c4n[nH]c(C(=O)O)n4)c3c2)cc1. The molecule has 1 aromatic heterocycles. The molecule has 0 radical (unpaired) electrons. The number of H-pyrrole nitrogens is 1. The van der Waals surface area contributed by atoms with Crippen LogP contribution in [-0.2, 0) is 20.0 Å². The summed E-state index contributed by atoms with van der Waals surface area (Å²) in [5.74, 6) is -6.03. The van der Waals surface area contributed by atoms with Crippen molar-refractivity contribution in [3.63, 3.8) is 0 Å². The highest BCUT2D eigenvalue weighted by Gasteiger charge is 2.26. The lowest BCUT2D eigenvalue weighted by molar-refractivity contribution is 0.0676. The number of nitrogens with one attached hydrogen (secondary N) is 3. The normalized spacial score (nSPS) is 11.8. The first-order chi connectivity index (χ1) is 22.1. The summed E-state index contributed by atoms with van der Waals surface area (Å²) in [5.41, 5.74) is -0.777. The smallest absolute Gasteiger partial charge is 0.373 e. The van der Waals surface area contributed by atoms with E-state index < -0.39 is 66.1 Å². The van der Waals surface area contributed by atoms with E-state index in [1.54, 1.807) is 0 Å². The van der Waals surface area contributed by atoms with E-state index in [-0.39, 0.29) is 38.2 Å². The zero-order chi connectivity index (χ0) is 34.1. The van der Waals surface area contributed by atoms with E-state index in [1.165, 1.54) is 42.5 Å². The van der Waals surface area contributed by atoms with Crippen molar-refractivity contribution in [2.45, 2.75) is 9.79 Å². The molecule has 0 unspecified atom stereocenters. The molecule has 0 fully saturated rings. The van der Waals surface area contributed by atoms with E-state index in [0.29, 0.717) is 0 Å². The number of carbonyl (C=O) groups is 3. The first-order valence-electron chi connectivity index (χ1n) is 12.7. The maximum atomic E-state index is 13.4. The second kappa shape index (κ2) is 12.2. The van der Waals surface area contributed by atoms with Gasteiger partial charge in [-0.25, -0.2) is 31.2 Å². The Labute approximate surface area is 263 Å². The maximum Gasteiger partial charge on any atom is 0.373 e. The first-order valence-corrected chi connectivity index (χ1v) is 15.7. The molecule has 0 amide bonds. The number of phenolic OH excluding ortho intramolecular Hbond substituents is 1. The van der Waals surface area contributed by atoms with Gasteiger partial charge in [-0.2, -0.15) is 4.98 Å². The number of hydrogen-bond donors (Lipinski definition) is 7. The largest absolute Gasteiger partial charge is 0.504 e. The van der Waals surface area contributed by atoms with Crippen LogP contribution in [-0.4, -0.2) is 70.4 Å². The van der Waals surface area contributed by atoms with Gasteiger partial charge in [0.05, 0.1) is 16.0 Å². The van der Waals surface area contributed by atoms with Crippen LogP contribution in [0.15, 0.2) is 92.8 Å². The van der Waals surface area contributed by atoms with E-state index >= 15 is 0 Å². The number of benzene rings is 4. The molecule has 4 aromatic carbocycles. The molecule has 1 heterocycles. The fraction of sp³-hybridized carbons (Fsp3) is 0. The van der Waals surface area contributed by atoms with Crippen molar-refractivity contribution in [3.8, 4) is 5.75 Å². The molecule has 18 nitrogen and oxygen atoms in total. The third kappa shape index (κ3) is 6.82. The Morgan fingerprint density at radius 3 is 1.77 bits per heavy atom. The number of rotatable bonds is 11. The van der Waals surface area contributed by atoms with Crippen LogP contribution in [0.1, 0.15) is 31.3 Å². The number of nitrogens with zero attached hydrogens (tertiary/aromatic N) is 4. The number of anilines is 2. The van der Waals surface area contributed by atoms with Gasteiger partial charge >= 0.3 is 17.9 Å². The van der Waals surface area contributed by atoms with Crippen LogP contribution in [0.25, 0.3) is 10.8 Å². The van der Waals surface area contributed by atoms with Gasteiger partial charge in [0.15, 0.2) is 5.75 Å². The Balaban J connectivity index is 1.60. The highest BCUT2D eigenvalue weighted by molar-refractivity contribution is 7.93. The number of aromatic nitrogens is 3. The number of hydrogen-bond acceptors (Lipinski definition) is 12. The molecular formula is C27H19N7O11S2. The number of fused-ring (bicyclic) bond motifs is 1. The lowest BCUT2D eigenvalue weighted by Crippen LogP contribution is -2.14. The minimum Gasteiger partial charge on any atom is -0.504 e. The van der Waals surface area contributed by atoms with Crippen molar-refractivity contribution < 1.29 is 51.6 Å². The summed E-state index contributed by atoms with van der Waals surface area (Å²) in [5, 5.41) is 51.5. The van der Waals surface area contributed by atoms with Gasteiger partial charge in [0.1, 0.15) is 10.6 Å². The number of azo groups is 1. The van der Waals surface area contributed by atoms with Crippen LogP contribution >= 0.6 is 0 Å². The fourth-order valence-corrected chi connectivity index (χ4v) is 6.34. The summed E-state index contributed by atoms with van der Waals surface area (Å²) in [4.78, 5) is 35.9. The van der Waals surface area contributed by atoms with Crippen molar-refractivity contribution in [1.29, 1.82) is 0 Å². The number of carboxylic acid groups (broad SMARTS) is 3. The third-order valence-electron chi connectivity index (χ3n) is 6.31. The van der Waals surface area contributed by atoms with Gasteiger partial charge in [-0.15, -0.1) is 15.3 Å². The molecule has 7 N–H and O–H groups in total. The highest BCUT2D eigenvalue weighted by Crippen LogP contribution is 2.42. The molecule has 0 saturated carbocycles. The Morgan fingerprint density at radius 1 is 0.702 bits per heavy atom. The monoisotopic (exact) mass is 681 g/mol. The Morgan fingerprint density at radius 2 is 1.26 bits per heavy atom. The predicted molar refractivity (Wildman–Crippen MR) is 162 cm³/mol. The summed E-state index contributed by atoms with van der Waals surface area (Å²) < 4.78 is 57.7. The molecule has 47 heavy (non-hydrogen) atoms. The van der Waals surface area contributed by atoms with Crippen LogP contribution in [0.5, 0.6) is 5.75 Å². The molecule has 0 aliphatic rings. The van der Waals surface area contributed by atoms with Crippen molar-refractivity contribution >= 4 is 71.7 Å². The van der Waals surface area contributed by atoms with Crippen LogP contribution in [0, 0.1) is 0 Å². The topological polar surface area (TPSA) is 291 Å². The van der Waals surface area contributed by atoms with E-state index in [4.69, 9.17) is 15.3 Å². The quantitative estimate of drug-likeness (QED) is 0.0978. The molecule has 0 atom stereocenters. The van der Waals surface area contributed by atoms with Gasteiger partial charge in [-0.05, 0) is 72.1 Å². The second-order valence-electron chi connectivity index (χ2n) is 9.42. The highest BCUT2D eigenvalue weighted by atomic mass is 32.2. The molecular weight excluding hydrogens is 662 g/mol. The maximum absolute atomic E-state index is 13.4. The molecule has 5 aromatic rings. The summed E-state index contributed by atoms with van der Waals surface area (Å²) in [6, 6.07) is 14.0. The standard InChI is InChI=1S/C27H19N7O11S2/c35-22-20(47(44,45)34-17-8-3-14(4-9-17)25(38)39)11-15-5-10-18(46(42,43)33-16-6-1-13(2-7-16)24(36)37)12-19(15)21(22)29-31-27-28-23(26(40)41)30-32-27/h1-12,33-35H,(H,36,37)(H,38,39)(H,40,41)(H,28,30,32)/b31-29+. The van der Waals surface area contributed by atoms with Crippen molar-refractivity contribution in [2.24, 2.45) is 10.2 Å². The van der Waals surface area contributed by atoms with Gasteiger partial charge in [0.2, 0.25) is 5.82 Å². The third-order valence-corrected chi connectivity index (χ3v) is 9.08. The van der Waals surface area contributed by atoms with Crippen molar-refractivity contribution in [2.75, 3.05) is 9.44 Å². The number of aromatic hydroxyl groups is 1. The van der Waals surface area contributed by atoms with Crippen molar-refractivity contribution in [1.82, 2.24) is 15.2 Å². The molecule has 0 spiro atoms. The number of carboxylic acids is 3. The molecule has 5 rings (SSSR count). The molecule has 0 aliphatic heterocycles. The zero-order valence-corrected chi connectivity index (χ0v) is 24.8. The first kappa shape index (κ1) is 32.0. The molecule has 240 valence electrons. The van der Waals surface area contributed by atoms with Crippen LogP contribution in [0.2, 0.25) is 0 Å². The summed E-state index contributed by atoms with van der Waals surface area (Å²) in [7, 11) is -8.96. The summed E-state index contributed by atoms with van der Waals surface area (Å²) in [6.45, 7) is 0. The Bertz CT molecular complexity index is 2320. The Kier molecular flexibility index (Phi) is 8.29. The average Bonchev–Trinajstić information content (AvgIpc) is 3.50. The number of aromatic amines is 1. The number of sulfonamides is 2. The Hall–Kier alpha value is -6.41. The second-order valence-corrected chi connectivity index (χ2v) is 12.8.